The summed E-state index contributed by atoms with van der Waals surface area (Å²) in [6.45, 7) is 4.81. The monoisotopic (exact) mass is 674 g/mol. The van der Waals surface area contributed by atoms with Gasteiger partial charge in [0, 0.05) is 47.7 Å². The largest absolute Gasteiger partial charge is 0.504 e. The fourth-order valence-electron chi connectivity index (χ4n) is 7.65. The molecule has 0 saturated heterocycles. The fourth-order valence-corrected chi connectivity index (χ4v) is 7.65. The van der Waals surface area contributed by atoms with Crippen molar-refractivity contribution in [3.05, 3.63) is 71.8 Å². The minimum Gasteiger partial charge on any atom is -0.504 e. The van der Waals surface area contributed by atoms with Crippen LogP contribution < -0.4 is 14.2 Å². The van der Waals surface area contributed by atoms with E-state index in [1.54, 1.807) is 13.2 Å². The first-order valence-corrected chi connectivity index (χ1v) is 17.4. The molecule has 8 rings (SSSR count). The van der Waals surface area contributed by atoms with E-state index in [4.69, 9.17) is 24.2 Å². The Bertz CT molecular complexity index is 2240. The predicted octanol–water partition coefficient (Wildman–Crippen LogP) is 8.31. The summed E-state index contributed by atoms with van der Waals surface area (Å²) in [4.78, 5) is 10.1. The zero-order valence-corrected chi connectivity index (χ0v) is 28.8. The van der Waals surface area contributed by atoms with Crippen LogP contribution >= 0.6 is 0 Å². The summed E-state index contributed by atoms with van der Waals surface area (Å²) in [5.41, 5.74) is 6.81. The Balaban J connectivity index is 1.15. The lowest BCUT2D eigenvalue weighted by atomic mass is 9.85. The van der Waals surface area contributed by atoms with E-state index in [1.807, 2.05) is 56.3 Å². The number of hydrogen-bond donors (Lipinski definition) is 3. The van der Waals surface area contributed by atoms with Gasteiger partial charge in [0.2, 0.25) is 11.5 Å². The molecule has 2 saturated carbocycles. The van der Waals surface area contributed by atoms with Crippen molar-refractivity contribution in [1.82, 2.24) is 19.1 Å². The van der Waals surface area contributed by atoms with Crippen LogP contribution in [0.25, 0.3) is 44.8 Å². The Labute approximate surface area is 290 Å². The summed E-state index contributed by atoms with van der Waals surface area (Å²) in [6.07, 6.45) is 5.35. The number of imidazole rings is 2. The highest BCUT2D eigenvalue weighted by Gasteiger charge is 2.37. The summed E-state index contributed by atoms with van der Waals surface area (Å²) in [7, 11) is 3.02. The summed E-state index contributed by atoms with van der Waals surface area (Å²) in [5.74, 6) is 2.59. The Hall–Kier alpha value is -5.38. The Morgan fingerprint density at radius 1 is 0.780 bits per heavy atom. The van der Waals surface area contributed by atoms with Crippen molar-refractivity contribution in [2.45, 2.75) is 71.1 Å². The summed E-state index contributed by atoms with van der Waals surface area (Å²) >= 11 is 0. The fraction of sp³-hybridized carbons (Fsp3) is 0.350. The van der Waals surface area contributed by atoms with Crippen molar-refractivity contribution in [2.75, 3.05) is 14.2 Å². The minimum absolute atomic E-state index is 0.0214. The van der Waals surface area contributed by atoms with E-state index in [1.165, 1.54) is 26.4 Å². The van der Waals surface area contributed by atoms with Crippen LogP contribution in [-0.2, 0) is 13.0 Å². The third-order valence-corrected chi connectivity index (χ3v) is 10.7. The molecule has 2 aliphatic rings. The lowest BCUT2D eigenvalue weighted by Crippen LogP contribution is -2.36. The molecule has 2 aliphatic carbocycles. The van der Waals surface area contributed by atoms with Crippen molar-refractivity contribution >= 4 is 22.1 Å². The van der Waals surface area contributed by atoms with E-state index < -0.39 is 0 Å². The molecule has 0 aliphatic heterocycles. The van der Waals surface area contributed by atoms with E-state index in [0.29, 0.717) is 53.6 Å². The number of rotatable bonds is 10. The molecule has 10 nitrogen and oxygen atoms in total. The van der Waals surface area contributed by atoms with Gasteiger partial charge in [-0.1, -0.05) is 37.6 Å². The van der Waals surface area contributed by atoms with E-state index in [9.17, 15) is 15.3 Å². The average molecular weight is 675 g/mol. The number of hydrogen-bond acceptors (Lipinski definition) is 8. The van der Waals surface area contributed by atoms with Crippen LogP contribution in [0.2, 0.25) is 0 Å². The highest BCUT2D eigenvalue weighted by Crippen LogP contribution is 2.50. The van der Waals surface area contributed by atoms with Crippen molar-refractivity contribution < 1.29 is 29.5 Å². The molecule has 2 aromatic heterocycles. The minimum atomic E-state index is -0.278. The number of benzene rings is 4. The quantitative estimate of drug-likeness (QED) is 0.124. The summed E-state index contributed by atoms with van der Waals surface area (Å²) in [5, 5.41) is 32.9. The maximum atomic E-state index is 11.4. The number of phenolic OH excluding ortho intramolecular Hbond substituents is 3. The molecule has 6 aromatic rings. The van der Waals surface area contributed by atoms with Crippen LogP contribution in [0, 0.1) is 12.8 Å². The number of phenols is 3. The molecule has 3 N–H and O–H groups in total. The highest BCUT2D eigenvalue weighted by atomic mass is 16.5. The maximum Gasteiger partial charge on any atom is 0.201 e. The van der Waals surface area contributed by atoms with Gasteiger partial charge in [-0.25, -0.2) is 9.97 Å². The van der Waals surface area contributed by atoms with Crippen molar-refractivity contribution in [2.24, 2.45) is 5.92 Å². The maximum absolute atomic E-state index is 11.4. The first-order chi connectivity index (χ1) is 24.3. The predicted molar refractivity (Wildman–Crippen MR) is 193 cm³/mol. The lowest BCUT2D eigenvalue weighted by Gasteiger charge is -2.38. The van der Waals surface area contributed by atoms with E-state index in [-0.39, 0.29) is 35.1 Å². The van der Waals surface area contributed by atoms with Gasteiger partial charge in [0.1, 0.15) is 17.8 Å². The van der Waals surface area contributed by atoms with E-state index in [0.717, 1.165) is 45.6 Å². The van der Waals surface area contributed by atoms with Gasteiger partial charge in [0.15, 0.2) is 23.0 Å². The molecule has 0 amide bonds. The number of ether oxygens (including phenoxy) is 3. The molecule has 0 spiro atoms. The molecule has 10 heteroatoms. The third-order valence-electron chi connectivity index (χ3n) is 10.7. The van der Waals surface area contributed by atoms with Gasteiger partial charge >= 0.3 is 0 Å². The smallest absolute Gasteiger partial charge is 0.201 e. The molecule has 0 bridgehead atoms. The Kier molecular flexibility index (Phi) is 7.96. The second-order valence-electron chi connectivity index (χ2n) is 13.6. The molecule has 2 fully saturated rings. The Morgan fingerprint density at radius 3 is 2.06 bits per heavy atom. The standard InChI is InChI=1S/C40H42N4O6/c1-5-26-28(20-33(48-3)36(46)35(26)45)40-42-30-14-7-9-16-32(30)44(40)24-17-25(18-24)50-38-22(2)27(19-34(49-4)37(38)47)39-41-29-13-6-8-15-31(29)43(39)21-23-11-10-12-23/h6-9,13-16,19-20,23-25,45-47H,5,10-12,17-18,21H2,1-4H3. The molecular weight excluding hydrogens is 632 g/mol. The average Bonchev–Trinajstić information content (AvgIpc) is 3.65. The van der Waals surface area contributed by atoms with Gasteiger partial charge in [0.05, 0.1) is 36.3 Å². The van der Waals surface area contributed by atoms with Crippen LogP contribution in [0.15, 0.2) is 60.7 Å². The summed E-state index contributed by atoms with van der Waals surface area (Å²) in [6, 6.07) is 19.8. The second-order valence-corrected chi connectivity index (χ2v) is 13.6. The van der Waals surface area contributed by atoms with Gasteiger partial charge < -0.3 is 38.7 Å². The van der Waals surface area contributed by atoms with Gasteiger partial charge in [-0.15, -0.1) is 0 Å². The SMILES string of the molecule is CCc1c(-c2nc3ccccc3n2C2CC(Oc3c(C)c(-c4nc5ccccc5n4CC4CCC4)cc(OC)c3O)C2)cc(OC)c(O)c1O. The number of nitrogens with zero attached hydrogens (tertiary/aromatic N) is 4. The van der Waals surface area contributed by atoms with Crippen LogP contribution in [0.5, 0.6) is 34.5 Å². The third kappa shape index (κ3) is 5.07. The molecule has 4 aromatic carbocycles. The van der Waals surface area contributed by atoms with Gasteiger partial charge in [-0.3, -0.25) is 0 Å². The topological polar surface area (TPSA) is 124 Å². The van der Waals surface area contributed by atoms with E-state index >= 15 is 0 Å². The lowest BCUT2D eigenvalue weighted by molar-refractivity contribution is 0.0692. The van der Waals surface area contributed by atoms with Crippen LogP contribution in [-0.4, -0.2) is 54.7 Å². The van der Waals surface area contributed by atoms with Crippen molar-refractivity contribution in [3.63, 3.8) is 0 Å². The van der Waals surface area contributed by atoms with Crippen molar-refractivity contribution in [1.29, 1.82) is 0 Å². The van der Waals surface area contributed by atoms with Gasteiger partial charge in [-0.2, -0.15) is 0 Å². The second kappa shape index (κ2) is 12.5. The zero-order valence-electron chi connectivity index (χ0n) is 28.8. The molecule has 2 heterocycles. The number of fused-ring (bicyclic) bond motifs is 2. The van der Waals surface area contributed by atoms with Crippen molar-refractivity contribution in [3.8, 4) is 57.3 Å². The molecule has 0 unspecified atom stereocenters. The first kappa shape index (κ1) is 31.9. The number of aromatic hydroxyl groups is 3. The molecule has 0 atom stereocenters. The molecule has 50 heavy (non-hydrogen) atoms. The first-order valence-electron chi connectivity index (χ1n) is 17.4. The van der Waals surface area contributed by atoms with Crippen LogP contribution in [0.1, 0.15) is 56.2 Å². The zero-order chi connectivity index (χ0) is 34.7. The summed E-state index contributed by atoms with van der Waals surface area (Å²) < 4.78 is 22.3. The van der Waals surface area contributed by atoms with Crippen LogP contribution in [0.3, 0.4) is 0 Å². The number of aromatic nitrogens is 4. The number of para-hydroxylation sites is 4. The molecular formula is C40H42N4O6. The molecule has 0 radical (unpaired) electrons. The van der Waals surface area contributed by atoms with Gasteiger partial charge in [-0.05, 0) is 68.5 Å². The van der Waals surface area contributed by atoms with E-state index in [2.05, 4.69) is 21.3 Å². The number of methoxy groups -OCH3 is 2. The highest BCUT2D eigenvalue weighted by molar-refractivity contribution is 5.84. The normalized spacial score (nSPS) is 17.5. The Morgan fingerprint density at radius 2 is 1.40 bits per heavy atom. The molecule has 258 valence electrons. The van der Waals surface area contributed by atoms with Crippen LogP contribution in [0.4, 0.5) is 0 Å². The van der Waals surface area contributed by atoms with Gasteiger partial charge in [0.25, 0.3) is 0 Å².